The van der Waals surface area contributed by atoms with Crippen LogP contribution in [0.5, 0.6) is 23.0 Å². The Morgan fingerprint density at radius 1 is 0.385 bits per heavy atom. The van der Waals surface area contributed by atoms with Crippen LogP contribution in [-0.2, 0) is 51.2 Å². The van der Waals surface area contributed by atoms with Crippen LogP contribution in [-0.4, -0.2) is 137 Å². The van der Waals surface area contributed by atoms with Crippen LogP contribution in [0.25, 0.3) is 0 Å². The second-order valence-electron chi connectivity index (χ2n) is 16.4. The third-order valence-electron chi connectivity index (χ3n) is 11.6. The lowest BCUT2D eigenvalue weighted by Crippen LogP contribution is -2.41. The fraction of sp³-hybridized carbons (Fsp3) is 0.547. The number of nitrogens with zero attached hydrogens (tertiary/aromatic N) is 1. The zero-order valence-corrected chi connectivity index (χ0v) is 39.7. The van der Waals surface area contributed by atoms with Crippen LogP contribution >= 0.6 is 0 Å². The molecule has 1 fully saturated rings. The van der Waals surface area contributed by atoms with Gasteiger partial charge in [-0.3, -0.25) is 4.90 Å². The van der Waals surface area contributed by atoms with E-state index in [0.717, 1.165) is 126 Å². The van der Waals surface area contributed by atoms with Crippen molar-refractivity contribution < 1.29 is 37.9 Å². The third kappa shape index (κ3) is 16.0. The maximum Gasteiger partial charge on any atom is 0.126 e. The van der Waals surface area contributed by atoms with E-state index >= 15 is 0 Å². The Hall–Kier alpha value is -4.24. The number of benzene rings is 4. The molecule has 0 saturated carbocycles. The smallest absolute Gasteiger partial charge is 0.126 e. The van der Waals surface area contributed by atoms with E-state index in [9.17, 15) is 0 Å². The number of hydrogen-bond acceptors (Lipinski definition) is 12. The average Bonchev–Trinajstić information content (AvgIpc) is 3.30. The Kier molecular flexibility index (Phi) is 22.2. The number of nitrogens with one attached hydrogen (secondary N) is 3. The molecule has 0 radical (unpaired) electrons. The van der Waals surface area contributed by atoms with Crippen molar-refractivity contribution in [3.8, 4) is 23.0 Å². The second kappa shape index (κ2) is 28.7. The van der Waals surface area contributed by atoms with Gasteiger partial charge in [-0.1, -0.05) is 66.7 Å². The molecule has 356 valence electrons. The molecule has 1 heterocycles. The first kappa shape index (κ1) is 50.2. The van der Waals surface area contributed by atoms with Crippen LogP contribution in [0.4, 0.5) is 0 Å². The lowest BCUT2D eigenvalue weighted by molar-refractivity contribution is 0.108. The maximum absolute atomic E-state index is 6.89. The molecule has 4 aromatic carbocycles. The van der Waals surface area contributed by atoms with Crippen molar-refractivity contribution in [1.29, 1.82) is 0 Å². The fourth-order valence-corrected chi connectivity index (χ4v) is 8.61. The molecule has 0 atom stereocenters. The molecule has 1 aliphatic carbocycles. The molecule has 0 aromatic heterocycles. The van der Waals surface area contributed by atoms with Crippen molar-refractivity contribution in [1.82, 2.24) is 20.9 Å². The van der Waals surface area contributed by atoms with Crippen molar-refractivity contribution in [2.75, 3.05) is 132 Å². The zero-order chi connectivity index (χ0) is 45.3. The SMILES string of the molecule is CCOCCOc1c2cccc1Cc1cccc(c1OCCOCC)Cc1cc(CN3CCNCCNCCNCC3)cc(c1OCCOCC)Cc1cccc(c1OCCOCC)C2. The number of para-hydroxylation sites is 3. The fourth-order valence-electron chi connectivity index (χ4n) is 8.61. The summed E-state index contributed by atoms with van der Waals surface area (Å²) >= 11 is 0. The molecular weight excluding hydrogens is 821 g/mol. The van der Waals surface area contributed by atoms with Gasteiger partial charge in [0.05, 0.1) is 26.4 Å². The highest BCUT2D eigenvalue weighted by Gasteiger charge is 2.23. The quantitative estimate of drug-likeness (QED) is 0.0651. The molecule has 0 spiro atoms. The minimum Gasteiger partial charge on any atom is -0.491 e. The van der Waals surface area contributed by atoms with E-state index in [2.05, 4.69) is 87.6 Å². The lowest BCUT2D eigenvalue weighted by atomic mass is 9.90. The van der Waals surface area contributed by atoms with Crippen LogP contribution in [0, 0.1) is 0 Å². The van der Waals surface area contributed by atoms with Crippen molar-refractivity contribution in [2.45, 2.75) is 59.9 Å². The monoisotopic (exact) mass is 897 g/mol. The zero-order valence-electron chi connectivity index (χ0n) is 39.7. The molecule has 12 heteroatoms. The topological polar surface area (TPSA) is 113 Å². The maximum atomic E-state index is 6.89. The van der Waals surface area contributed by atoms with Gasteiger partial charge in [-0.25, -0.2) is 0 Å². The summed E-state index contributed by atoms with van der Waals surface area (Å²) in [6, 6.07) is 24.3. The minimum absolute atomic E-state index is 0.432. The molecule has 0 unspecified atom stereocenters. The predicted octanol–water partition coefficient (Wildman–Crippen LogP) is 6.61. The Balaban J connectivity index is 1.52. The first-order valence-electron chi connectivity index (χ1n) is 24.2. The van der Waals surface area contributed by atoms with Gasteiger partial charge in [-0.05, 0) is 77.8 Å². The molecular formula is C53H76N4O8. The van der Waals surface area contributed by atoms with E-state index in [0.29, 0.717) is 105 Å². The van der Waals surface area contributed by atoms with Gasteiger partial charge >= 0.3 is 0 Å². The highest BCUT2D eigenvalue weighted by atomic mass is 16.5. The van der Waals surface area contributed by atoms with Gasteiger partial charge in [0.15, 0.2) is 0 Å². The molecule has 2 aliphatic rings. The first-order valence-corrected chi connectivity index (χ1v) is 24.2. The Morgan fingerprint density at radius 2 is 0.677 bits per heavy atom. The summed E-state index contributed by atoms with van der Waals surface area (Å²) in [6.07, 6.45) is 2.44. The third-order valence-corrected chi connectivity index (χ3v) is 11.6. The number of fused-ring (bicyclic) bond motifs is 8. The predicted molar refractivity (Wildman–Crippen MR) is 259 cm³/mol. The van der Waals surface area contributed by atoms with Gasteiger partial charge in [0, 0.05) is 111 Å². The standard InChI is InChI=1S/C53H76N4O8/c1-5-58-26-30-62-50-42-12-9-13-43(50)37-45-15-11-17-47(52(45)64-32-28-60-7-3)39-49-35-41(40-57-24-22-55-20-18-54-19-21-56-23-25-57)34-48(53(49)65-33-29-61-8-4)38-46-16-10-14-44(36-42)51(46)63-31-27-59-6-2/h9-17,34-35,54-56H,5-8,18-33,36-40H2,1-4H3. The summed E-state index contributed by atoms with van der Waals surface area (Å²) in [4.78, 5) is 2.56. The van der Waals surface area contributed by atoms with Crippen LogP contribution in [0.1, 0.15) is 77.8 Å². The van der Waals surface area contributed by atoms with Crippen molar-refractivity contribution >= 4 is 0 Å². The molecule has 1 saturated heterocycles. The van der Waals surface area contributed by atoms with Crippen LogP contribution in [0.15, 0.2) is 66.7 Å². The van der Waals surface area contributed by atoms with E-state index in [4.69, 9.17) is 37.9 Å². The molecule has 6 rings (SSSR count). The van der Waals surface area contributed by atoms with E-state index < -0.39 is 0 Å². The Labute approximate surface area is 388 Å². The largest absolute Gasteiger partial charge is 0.491 e. The average molecular weight is 897 g/mol. The summed E-state index contributed by atoms with van der Waals surface area (Å²) in [7, 11) is 0. The highest BCUT2D eigenvalue weighted by Crippen LogP contribution is 2.39. The van der Waals surface area contributed by atoms with Gasteiger partial charge in [-0.2, -0.15) is 0 Å². The number of ether oxygens (including phenoxy) is 8. The van der Waals surface area contributed by atoms with Gasteiger partial charge in [0.25, 0.3) is 0 Å². The summed E-state index contributed by atoms with van der Waals surface area (Å²) in [5, 5.41) is 10.8. The Morgan fingerprint density at radius 3 is 1.00 bits per heavy atom. The Bertz CT molecular complexity index is 1880. The number of rotatable bonds is 22. The normalized spacial score (nSPS) is 15.1. The first-order chi connectivity index (χ1) is 32.1. The van der Waals surface area contributed by atoms with E-state index in [-0.39, 0.29) is 0 Å². The molecule has 4 aromatic rings. The summed E-state index contributed by atoms with van der Waals surface area (Å²) < 4.78 is 50.3. The van der Waals surface area contributed by atoms with Gasteiger partial charge in [-0.15, -0.1) is 0 Å². The van der Waals surface area contributed by atoms with Gasteiger partial charge in [0.2, 0.25) is 0 Å². The molecule has 1 aliphatic heterocycles. The lowest BCUT2D eigenvalue weighted by Gasteiger charge is -2.26. The van der Waals surface area contributed by atoms with Crippen molar-refractivity contribution in [3.05, 3.63) is 117 Å². The molecule has 3 N–H and O–H groups in total. The van der Waals surface area contributed by atoms with Crippen LogP contribution in [0.3, 0.4) is 0 Å². The van der Waals surface area contributed by atoms with Crippen LogP contribution < -0.4 is 34.9 Å². The summed E-state index contributed by atoms with van der Waals surface area (Å²) in [6.45, 7) is 22.7. The van der Waals surface area contributed by atoms with E-state index in [1.165, 1.54) is 5.56 Å². The molecule has 8 bridgehead atoms. The summed E-state index contributed by atoms with van der Waals surface area (Å²) in [5.41, 5.74) is 10.0. The van der Waals surface area contributed by atoms with Crippen LogP contribution in [0.2, 0.25) is 0 Å². The highest BCUT2D eigenvalue weighted by molar-refractivity contribution is 5.56. The summed E-state index contributed by atoms with van der Waals surface area (Å²) in [5.74, 6) is 3.51. The molecule has 65 heavy (non-hydrogen) atoms. The number of hydrogen-bond donors (Lipinski definition) is 3. The van der Waals surface area contributed by atoms with Crippen molar-refractivity contribution in [2.24, 2.45) is 0 Å². The van der Waals surface area contributed by atoms with Gasteiger partial charge < -0.3 is 53.8 Å². The van der Waals surface area contributed by atoms with E-state index in [1.54, 1.807) is 0 Å². The van der Waals surface area contributed by atoms with E-state index in [1.807, 2.05) is 27.7 Å². The van der Waals surface area contributed by atoms with Crippen molar-refractivity contribution in [3.63, 3.8) is 0 Å². The minimum atomic E-state index is 0.432. The van der Waals surface area contributed by atoms with Gasteiger partial charge in [0.1, 0.15) is 49.4 Å². The molecule has 0 amide bonds. The molecule has 12 nitrogen and oxygen atoms in total. The second-order valence-corrected chi connectivity index (χ2v) is 16.4.